The minimum atomic E-state index is -3.66. The molecule has 0 spiro atoms. The normalized spacial score (nSPS) is 15.8. The van der Waals surface area contributed by atoms with Crippen LogP contribution in [0.1, 0.15) is 12.5 Å². The monoisotopic (exact) mass is 403 g/mol. The molecule has 1 heterocycles. The lowest BCUT2D eigenvalue weighted by atomic mass is 10.2. The van der Waals surface area contributed by atoms with Gasteiger partial charge in [0.2, 0.25) is 15.9 Å². The number of nitrogens with zero attached hydrogens (tertiary/aromatic N) is 1. The molecule has 2 aromatic rings. The fourth-order valence-corrected chi connectivity index (χ4v) is 3.76. The van der Waals surface area contributed by atoms with Gasteiger partial charge in [0, 0.05) is 5.69 Å². The Morgan fingerprint density at radius 1 is 1.25 bits per heavy atom. The minimum Gasteiger partial charge on any atom is -0.479 e. The maximum atomic E-state index is 12.5. The van der Waals surface area contributed by atoms with Gasteiger partial charge in [-0.25, -0.2) is 8.42 Å². The number of aryl methyl sites for hydroxylation is 1. The second-order valence-corrected chi connectivity index (χ2v) is 8.47. The number of amides is 2. The van der Waals surface area contributed by atoms with Crippen molar-refractivity contribution in [2.45, 2.75) is 20.0 Å². The summed E-state index contributed by atoms with van der Waals surface area (Å²) in [6, 6.07) is 11.8. The third kappa shape index (κ3) is 4.25. The summed E-state index contributed by atoms with van der Waals surface area (Å²) in [5.41, 5.74) is 2.05. The van der Waals surface area contributed by atoms with Gasteiger partial charge in [0.15, 0.2) is 6.10 Å². The Labute approximate surface area is 163 Å². The second-order valence-electron chi connectivity index (χ2n) is 6.56. The summed E-state index contributed by atoms with van der Waals surface area (Å²) in [7, 11) is -3.66. The van der Waals surface area contributed by atoms with E-state index in [9.17, 15) is 18.0 Å². The van der Waals surface area contributed by atoms with Crippen LogP contribution < -0.4 is 19.7 Å². The van der Waals surface area contributed by atoms with Gasteiger partial charge in [-0.05, 0) is 43.7 Å². The van der Waals surface area contributed by atoms with Gasteiger partial charge in [0.1, 0.15) is 12.3 Å². The molecule has 28 heavy (non-hydrogen) atoms. The zero-order valence-electron chi connectivity index (χ0n) is 15.7. The van der Waals surface area contributed by atoms with E-state index in [4.69, 9.17) is 4.74 Å². The molecule has 1 aliphatic heterocycles. The van der Waals surface area contributed by atoms with Gasteiger partial charge < -0.3 is 15.4 Å². The van der Waals surface area contributed by atoms with Crippen LogP contribution in [0.25, 0.3) is 0 Å². The lowest BCUT2D eigenvalue weighted by molar-refractivity contribution is -0.122. The van der Waals surface area contributed by atoms with Crippen molar-refractivity contribution in [2.24, 2.45) is 0 Å². The van der Waals surface area contributed by atoms with Gasteiger partial charge in [0.25, 0.3) is 5.91 Å². The van der Waals surface area contributed by atoms with Crippen molar-refractivity contribution in [2.75, 3.05) is 27.7 Å². The van der Waals surface area contributed by atoms with Crippen LogP contribution in [0, 0.1) is 6.92 Å². The van der Waals surface area contributed by atoms with E-state index in [0.717, 1.165) is 16.1 Å². The molecule has 2 aromatic carbocycles. The quantitative estimate of drug-likeness (QED) is 0.796. The molecule has 3 rings (SSSR count). The van der Waals surface area contributed by atoms with Crippen LogP contribution in [-0.4, -0.2) is 39.1 Å². The number of para-hydroxylation sites is 1. The average Bonchev–Trinajstić information content (AvgIpc) is 2.61. The number of benzene rings is 2. The number of nitrogens with one attached hydrogen (secondary N) is 2. The van der Waals surface area contributed by atoms with Gasteiger partial charge in [-0.1, -0.05) is 18.2 Å². The fraction of sp³-hybridized carbons (Fsp3) is 0.263. The second kappa shape index (κ2) is 7.51. The molecule has 0 saturated heterocycles. The standard InChI is InChI=1S/C19H21N3O5S/c1-12-6-4-5-7-16(12)22(28(3,25)26)11-18(23)20-14-8-9-17-15(10-14)21-19(24)13(2)27-17/h4-10,13H,11H2,1-3H3,(H,20,23)(H,21,24)/t13-/m0/s1. The van der Waals surface area contributed by atoms with Crippen molar-refractivity contribution >= 4 is 38.9 Å². The van der Waals surface area contributed by atoms with Crippen LogP contribution in [0.15, 0.2) is 42.5 Å². The molecule has 0 radical (unpaired) electrons. The van der Waals surface area contributed by atoms with Crippen LogP contribution in [0.3, 0.4) is 0 Å². The number of anilines is 3. The Morgan fingerprint density at radius 2 is 1.96 bits per heavy atom. The Bertz CT molecular complexity index is 1040. The first-order valence-corrected chi connectivity index (χ1v) is 10.4. The topological polar surface area (TPSA) is 105 Å². The first-order valence-electron chi connectivity index (χ1n) is 8.60. The molecule has 0 unspecified atom stereocenters. The number of carbonyl (C=O) groups is 2. The molecule has 8 nitrogen and oxygen atoms in total. The third-order valence-electron chi connectivity index (χ3n) is 4.27. The summed E-state index contributed by atoms with van der Waals surface area (Å²) < 4.78 is 31.0. The van der Waals surface area contributed by atoms with Crippen molar-refractivity contribution in [3.63, 3.8) is 0 Å². The predicted molar refractivity (Wildman–Crippen MR) is 107 cm³/mol. The van der Waals surface area contributed by atoms with Gasteiger partial charge in [-0.15, -0.1) is 0 Å². The van der Waals surface area contributed by atoms with E-state index in [-0.39, 0.29) is 12.5 Å². The Hall–Kier alpha value is -3.07. The molecule has 0 aromatic heterocycles. The number of sulfonamides is 1. The first-order chi connectivity index (χ1) is 13.1. The van der Waals surface area contributed by atoms with Crippen LogP contribution in [0.4, 0.5) is 17.1 Å². The summed E-state index contributed by atoms with van der Waals surface area (Å²) >= 11 is 0. The molecule has 1 aliphatic rings. The molecule has 0 fully saturated rings. The van der Waals surface area contributed by atoms with E-state index >= 15 is 0 Å². The zero-order chi connectivity index (χ0) is 20.5. The molecule has 0 aliphatic carbocycles. The van der Waals surface area contributed by atoms with Crippen LogP contribution in [0.5, 0.6) is 5.75 Å². The number of hydrogen-bond acceptors (Lipinski definition) is 5. The van der Waals surface area contributed by atoms with Crippen molar-refractivity contribution in [1.29, 1.82) is 0 Å². The number of fused-ring (bicyclic) bond motifs is 1. The molecule has 0 saturated carbocycles. The van der Waals surface area contributed by atoms with Crippen molar-refractivity contribution in [3.05, 3.63) is 48.0 Å². The van der Waals surface area contributed by atoms with E-state index in [1.54, 1.807) is 56.3 Å². The van der Waals surface area contributed by atoms with E-state index in [1.807, 2.05) is 0 Å². The van der Waals surface area contributed by atoms with Crippen molar-refractivity contribution in [1.82, 2.24) is 0 Å². The van der Waals surface area contributed by atoms with E-state index in [2.05, 4.69) is 10.6 Å². The zero-order valence-corrected chi connectivity index (χ0v) is 16.5. The molecule has 2 amide bonds. The highest BCUT2D eigenvalue weighted by molar-refractivity contribution is 7.92. The van der Waals surface area contributed by atoms with Gasteiger partial charge in [-0.3, -0.25) is 13.9 Å². The first kappa shape index (κ1) is 19.7. The molecule has 1 atom stereocenters. The smallest absolute Gasteiger partial charge is 0.265 e. The molecule has 2 N–H and O–H groups in total. The van der Waals surface area contributed by atoms with Crippen LogP contribution >= 0.6 is 0 Å². The van der Waals surface area contributed by atoms with Gasteiger partial charge in [0.05, 0.1) is 17.6 Å². The Balaban J connectivity index is 1.78. The number of ether oxygens (including phenoxy) is 1. The fourth-order valence-electron chi connectivity index (χ4n) is 2.84. The summed E-state index contributed by atoms with van der Waals surface area (Å²) in [6.07, 6.45) is 0.463. The van der Waals surface area contributed by atoms with Crippen LogP contribution in [0.2, 0.25) is 0 Å². The number of hydrogen-bond donors (Lipinski definition) is 2. The Kier molecular flexibility index (Phi) is 5.28. The average molecular weight is 403 g/mol. The van der Waals surface area contributed by atoms with Crippen molar-refractivity contribution < 1.29 is 22.7 Å². The highest BCUT2D eigenvalue weighted by Crippen LogP contribution is 2.32. The van der Waals surface area contributed by atoms with Crippen LogP contribution in [-0.2, 0) is 19.6 Å². The van der Waals surface area contributed by atoms with E-state index < -0.39 is 22.0 Å². The maximum Gasteiger partial charge on any atom is 0.265 e. The third-order valence-corrected chi connectivity index (χ3v) is 5.39. The number of rotatable bonds is 5. The summed E-state index contributed by atoms with van der Waals surface area (Å²) in [5.74, 6) is -0.286. The summed E-state index contributed by atoms with van der Waals surface area (Å²) in [5, 5.41) is 5.36. The summed E-state index contributed by atoms with van der Waals surface area (Å²) in [4.78, 5) is 24.2. The SMILES string of the molecule is Cc1ccccc1N(CC(=O)Nc1ccc2c(c1)NC(=O)[C@H](C)O2)S(C)(=O)=O. The predicted octanol–water partition coefficient (Wildman–Crippen LogP) is 2.12. The molecular weight excluding hydrogens is 382 g/mol. The lowest BCUT2D eigenvalue weighted by Gasteiger charge is -2.25. The highest BCUT2D eigenvalue weighted by atomic mass is 32.2. The molecule has 9 heteroatoms. The Morgan fingerprint density at radius 3 is 2.64 bits per heavy atom. The van der Waals surface area contributed by atoms with E-state index in [0.29, 0.717) is 22.8 Å². The largest absolute Gasteiger partial charge is 0.479 e. The molecule has 148 valence electrons. The minimum absolute atomic E-state index is 0.279. The van der Waals surface area contributed by atoms with Gasteiger partial charge in [-0.2, -0.15) is 0 Å². The number of carbonyl (C=O) groups excluding carboxylic acids is 2. The summed E-state index contributed by atoms with van der Waals surface area (Å²) in [6.45, 7) is 3.04. The maximum absolute atomic E-state index is 12.5. The van der Waals surface area contributed by atoms with Crippen molar-refractivity contribution in [3.8, 4) is 5.75 Å². The molecule has 0 bridgehead atoms. The highest BCUT2D eigenvalue weighted by Gasteiger charge is 2.25. The van der Waals surface area contributed by atoms with E-state index in [1.165, 1.54) is 0 Å². The lowest BCUT2D eigenvalue weighted by Crippen LogP contribution is -2.38. The molecular formula is C19H21N3O5S. The van der Waals surface area contributed by atoms with Gasteiger partial charge >= 0.3 is 0 Å².